The van der Waals surface area contributed by atoms with Crippen molar-refractivity contribution in [2.45, 2.75) is 32.1 Å². The number of ether oxygens (including phenoxy) is 1. The Bertz CT molecular complexity index is 781. The zero-order chi connectivity index (χ0) is 20.9. The maximum Gasteiger partial charge on any atom is 0.355 e. The third-order valence-electron chi connectivity index (χ3n) is 3.68. The Hall–Kier alpha value is -3.17. The van der Waals surface area contributed by atoms with Crippen molar-refractivity contribution in [2.75, 3.05) is 27.2 Å². The van der Waals surface area contributed by atoms with Crippen LogP contribution in [0.25, 0.3) is 0 Å². The average Bonchev–Trinajstić information content (AvgIpc) is 2.66. The molecule has 0 radical (unpaired) electrons. The van der Waals surface area contributed by atoms with E-state index >= 15 is 0 Å². The van der Waals surface area contributed by atoms with Gasteiger partial charge in [0, 0.05) is 26.7 Å². The first-order chi connectivity index (χ1) is 13.3. The molecule has 1 aromatic heterocycles. The Labute approximate surface area is 162 Å². The minimum atomic E-state index is -0.932. The van der Waals surface area contributed by atoms with Crippen LogP contribution < -0.4 is 16.6 Å². The number of nitrogens with one attached hydrogen (secondary N) is 3. The van der Waals surface area contributed by atoms with Crippen molar-refractivity contribution >= 4 is 18.3 Å². The average molecular weight is 394 g/mol. The monoisotopic (exact) mass is 394 g/mol. The number of hydrogen-bond donors (Lipinski definition) is 3. The molecule has 10 heteroatoms. The summed E-state index contributed by atoms with van der Waals surface area (Å²) in [6, 6.07) is 0.900. The lowest BCUT2D eigenvalue weighted by Gasteiger charge is -2.12. The fraction of sp³-hybridized carbons (Fsp3) is 0.500. The number of allylic oxidation sites excluding steroid dienone is 1. The number of aromatic amines is 2. The van der Waals surface area contributed by atoms with Crippen LogP contribution in [0.2, 0.25) is 0 Å². The van der Waals surface area contributed by atoms with Crippen LogP contribution in [0.4, 0.5) is 0 Å². The lowest BCUT2D eigenvalue weighted by atomic mass is 9.97. The Balaban J connectivity index is 0.000000696. The number of carbonyl (C=O) groups excluding carboxylic acids is 3. The van der Waals surface area contributed by atoms with E-state index < -0.39 is 29.7 Å². The van der Waals surface area contributed by atoms with Gasteiger partial charge in [-0.25, -0.2) is 9.59 Å². The van der Waals surface area contributed by atoms with Crippen molar-refractivity contribution in [3.05, 3.63) is 44.2 Å². The summed E-state index contributed by atoms with van der Waals surface area (Å²) in [5.41, 5.74) is -0.478. The van der Waals surface area contributed by atoms with Gasteiger partial charge in [0.1, 0.15) is 5.69 Å². The molecule has 1 aliphatic rings. The van der Waals surface area contributed by atoms with Crippen LogP contribution in [-0.2, 0) is 14.3 Å². The molecule has 0 atom stereocenters. The number of H-pyrrole nitrogens is 2. The Kier molecular flexibility index (Phi) is 10.0. The summed E-state index contributed by atoms with van der Waals surface area (Å²) in [4.78, 5) is 60.3. The van der Waals surface area contributed by atoms with E-state index in [2.05, 4.69) is 16.4 Å². The first kappa shape index (κ1) is 22.9. The highest BCUT2D eigenvalue weighted by atomic mass is 16.5. The van der Waals surface area contributed by atoms with Gasteiger partial charge in [0.15, 0.2) is 6.61 Å². The van der Waals surface area contributed by atoms with E-state index in [4.69, 9.17) is 4.74 Å². The van der Waals surface area contributed by atoms with E-state index in [-0.39, 0.29) is 5.69 Å². The van der Waals surface area contributed by atoms with Crippen LogP contribution in [0, 0.1) is 0 Å². The number of esters is 1. The van der Waals surface area contributed by atoms with Crippen LogP contribution >= 0.6 is 0 Å². The standard InChI is InChI=1S/C15H19N3O5.C3H7NO/c19-12-8-11(17-15(22)18-12)14(21)23-9-13(20)16-7-6-10-4-2-1-3-5-10;1-4(2)3-5/h4,8H,1-3,5-7,9H2,(H,16,20)(H2,17,18,19,22);3H,1-2H3. The molecule has 0 spiro atoms. The Morgan fingerprint density at radius 1 is 1.25 bits per heavy atom. The number of aromatic nitrogens is 2. The van der Waals surface area contributed by atoms with Gasteiger partial charge in [-0.3, -0.25) is 19.4 Å². The van der Waals surface area contributed by atoms with Gasteiger partial charge < -0.3 is 19.9 Å². The molecule has 2 rings (SSSR count). The second-order valence-corrected chi connectivity index (χ2v) is 6.35. The number of nitrogens with zero attached hydrogens (tertiary/aromatic N) is 1. The molecule has 1 aromatic rings. The first-order valence-electron chi connectivity index (χ1n) is 8.89. The summed E-state index contributed by atoms with van der Waals surface area (Å²) in [7, 11) is 3.38. The molecule has 0 bridgehead atoms. The molecule has 1 aliphatic carbocycles. The predicted octanol–water partition coefficient (Wildman–Crippen LogP) is -0.0689. The molecule has 0 saturated carbocycles. The number of hydrogen-bond acceptors (Lipinski definition) is 6. The number of rotatable bonds is 7. The highest BCUT2D eigenvalue weighted by Gasteiger charge is 2.12. The smallest absolute Gasteiger partial charge is 0.355 e. The molecule has 3 N–H and O–H groups in total. The van der Waals surface area contributed by atoms with E-state index in [1.165, 1.54) is 23.3 Å². The molecule has 0 aromatic carbocycles. The van der Waals surface area contributed by atoms with Gasteiger partial charge in [0.05, 0.1) is 0 Å². The van der Waals surface area contributed by atoms with Crippen molar-refractivity contribution < 1.29 is 19.1 Å². The van der Waals surface area contributed by atoms with Crippen LogP contribution in [-0.4, -0.2) is 60.4 Å². The molecule has 28 heavy (non-hydrogen) atoms. The molecule has 154 valence electrons. The fourth-order valence-corrected chi connectivity index (χ4v) is 2.33. The van der Waals surface area contributed by atoms with Crippen molar-refractivity contribution in [1.29, 1.82) is 0 Å². The van der Waals surface area contributed by atoms with E-state index in [1.807, 2.05) is 4.98 Å². The van der Waals surface area contributed by atoms with Crippen LogP contribution in [0.1, 0.15) is 42.6 Å². The molecular weight excluding hydrogens is 368 g/mol. The summed E-state index contributed by atoms with van der Waals surface area (Å²) in [6.07, 6.45) is 8.32. The molecular formula is C18H26N4O6. The largest absolute Gasteiger partial charge is 0.451 e. The highest BCUT2D eigenvalue weighted by molar-refractivity contribution is 5.89. The summed E-state index contributed by atoms with van der Waals surface area (Å²) < 4.78 is 4.75. The van der Waals surface area contributed by atoms with Gasteiger partial charge in [-0.2, -0.15) is 0 Å². The molecule has 0 aliphatic heterocycles. The first-order valence-corrected chi connectivity index (χ1v) is 8.89. The molecule has 10 nitrogen and oxygen atoms in total. The number of carbonyl (C=O) groups is 3. The second-order valence-electron chi connectivity index (χ2n) is 6.35. The van der Waals surface area contributed by atoms with Gasteiger partial charge >= 0.3 is 11.7 Å². The van der Waals surface area contributed by atoms with Gasteiger partial charge in [-0.05, 0) is 32.1 Å². The Morgan fingerprint density at radius 2 is 1.96 bits per heavy atom. The lowest BCUT2D eigenvalue weighted by Crippen LogP contribution is -2.31. The maximum absolute atomic E-state index is 11.6. The molecule has 0 unspecified atom stereocenters. The van der Waals surface area contributed by atoms with Gasteiger partial charge in [0.25, 0.3) is 11.5 Å². The van der Waals surface area contributed by atoms with Crippen LogP contribution in [0.5, 0.6) is 0 Å². The molecule has 2 amide bonds. The van der Waals surface area contributed by atoms with E-state index in [0.717, 1.165) is 31.7 Å². The summed E-state index contributed by atoms with van der Waals surface area (Å²) in [5.74, 6) is -1.36. The van der Waals surface area contributed by atoms with E-state index in [0.29, 0.717) is 6.54 Å². The number of amides is 2. The third-order valence-corrected chi connectivity index (χ3v) is 3.68. The quantitative estimate of drug-likeness (QED) is 0.336. The summed E-state index contributed by atoms with van der Waals surface area (Å²) in [6.45, 7) is 0.0246. The SMILES string of the molecule is CN(C)C=O.O=C(COC(=O)c1cc(=O)[nH]c(=O)[nH]1)NCCC1=CCCCC1. The highest BCUT2D eigenvalue weighted by Crippen LogP contribution is 2.19. The van der Waals surface area contributed by atoms with Crippen molar-refractivity contribution in [1.82, 2.24) is 20.2 Å². The van der Waals surface area contributed by atoms with Gasteiger partial charge in [-0.15, -0.1) is 0 Å². The van der Waals surface area contributed by atoms with E-state index in [9.17, 15) is 24.0 Å². The normalized spacial score (nSPS) is 12.7. The zero-order valence-corrected chi connectivity index (χ0v) is 16.1. The topological polar surface area (TPSA) is 141 Å². The summed E-state index contributed by atoms with van der Waals surface area (Å²) in [5, 5.41) is 2.66. The minimum Gasteiger partial charge on any atom is -0.451 e. The molecule has 1 heterocycles. The third kappa shape index (κ3) is 9.51. The van der Waals surface area contributed by atoms with E-state index in [1.54, 1.807) is 14.1 Å². The summed E-state index contributed by atoms with van der Waals surface area (Å²) >= 11 is 0. The van der Waals surface area contributed by atoms with Crippen molar-refractivity contribution in [2.24, 2.45) is 0 Å². The Morgan fingerprint density at radius 3 is 2.54 bits per heavy atom. The molecule has 0 fully saturated rings. The van der Waals surface area contributed by atoms with Crippen LogP contribution in [0.15, 0.2) is 27.3 Å². The van der Waals surface area contributed by atoms with Crippen molar-refractivity contribution in [3.63, 3.8) is 0 Å². The molecule has 0 saturated heterocycles. The van der Waals surface area contributed by atoms with Crippen LogP contribution in [0.3, 0.4) is 0 Å². The van der Waals surface area contributed by atoms with Gasteiger partial charge in [-0.1, -0.05) is 11.6 Å². The van der Waals surface area contributed by atoms with Crippen molar-refractivity contribution in [3.8, 4) is 0 Å². The minimum absolute atomic E-state index is 0.293. The predicted molar refractivity (Wildman–Crippen MR) is 102 cm³/mol. The zero-order valence-electron chi connectivity index (χ0n) is 16.1. The lowest BCUT2D eigenvalue weighted by molar-refractivity contribution is -0.124. The second kappa shape index (κ2) is 12.3. The fourth-order valence-electron chi connectivity index (χ4n) is 2.33. The van der Waals surface area contributed by atoms with Gasteiger partial charge in [0.2, 0.25) is 6.41 Å². The maximum atomic E-state index is 11.6.